The van der Waals surface area contributed by atoms with Gasteiger partial charge in [0.25, 0.3) is 5.91 Å². The number of rotatable bonds is 5. The molecule has 32 heavy (non-hydrogen) atoms. The van der Waals surface area contributed by atoms with Crippen molar-refractivity contribution in [1.29, 1.82) is 0 Å². The van der Waals surface area contributed by atoms with Crippen LogP contribution in [0.25, 0.3) is 11.3 Å². The van der Waals surface area contributed by atoms with E-state index in [1.54, 1.807) is 29.2 Å². The standard InChI is InChI=1S/C25H26ClN3O3/c1-17-4-3-5-21(18(17)2)27-24(30)16-28-12-14-29(15-13-28)25(31)23-11-10-22(32-23)19-6-8-20(26)9-7-19/h3-11H,12-16H2,1-2H3,(H,27,30). The lowest BCUT2D eigenvalue weighted by Gasteiger charge is -2.33. The minimum atomic E-state index is -0.135. The Balaban J connectivity index is 1.30. The normalized spacial score (nSPS) is 14.4. The number of nitrogens with zero attached hydrogens (tertiary/aromatic N) is 2. The van der Waals surface area contributed by atoms with Gasteiger partial charge < -0.3 is 14.6 Å². The van der Waals surface area contributed by atoms with Gasteiger partial charge in [-0.2, -0.15) is 0 Å². The van der Waals surface area contributed by atoms with Gasteiger partial charge in [0, 0.05) is 42.5 Å². The van der Waals surface area contributed by atoms with E-state index in [1.165, 1.54) is 0 Å². The zero-order chi connectivity index (χ0) is 22.7. The third-order valence-corrected chi connectivity index (χ3v) is 6.10. The number of piperazine rings is 1. The summed E-state index contributed by atoms with van der Waals surface area (Å²) in [6.07, 6.45) is 0. The van der Waals surface area contributed by atoms with E-state index in [9.17, 15) is 9.59 Å². The van der Waals surface area contributed by atoms with Gasteiger partial charge in [0.05, 0.1) is 6.54 Å². The summed E-state index contributed by atoms with van der Waals surface area (Å²) in [7, 11) is 0. The fraction of sp³-hybridized carbons (Fsp3) is 0.280. The minimum Gasteiger partial charge on any atom is -0.451 e. The molecule has 4 rings (SSSR count). The third kappa shape index (κ3) is 5.03. The first-order valence-electron chi connectivity index (χ1n) is 10.6. The summed E-state index contributed by atoms with van der Waals surface area (Å²) < 4.78 is 5.79. The monoisotopic (exact) mass is 451 g/mol. The number of carbonyl (C=O) groups excluding carboxylic acids is 2. The molecule has 0 saturated carbocycles. The smallest absolute Gasteiger partial charge is 0.289 e. The second-order valence-electron chi connectivity index (χ2n) is 8.03. The summed E-state index contributed by atoms with van der Waals surface area (Å²) in [6, 6.07) is 16.7. The van der Waals surface area contributed by atoms with E-state index in [0.29, 0.717) is 49.3 Å². The van der Waals surface area contributed by atoms with Crippen LogP contribution in [-0.2, 0) is 4.79 Å². The fourth-order valence-corrected chi connectivity index (χ4v) is 3.89. The van der Waals surface area contributed by atoms with Crippen molar-refractivity contribution in [3.8, 4) is 11.3 Å². The van der Waals surface area contributed by atoms with E-state index in [-0.39, 0.29) is 11.8 Å². The molecule has 3 aromatic rings. The van der Waals surface area contributed by atoms with Crippen LogP contribution < -0.4 is 5.32 Å². The van der Waals surface area contributed by atoms with Crippen LogP contribution in [0.3, 0.4) is 0 Å². The van der Waals surface area contributed by atoms with Crippen molar-refractivity contribution in [2.45, 2.75) is 13.8 Å². The van der Waals surface area contributed by atoms with Crippen LogP contribution in [0, 0.1) is 13.8 Å². The average molecular weight is 452 g/mol. The summed E-state index contributed by atoms with van der Waals surface area (Å²) in [5, 5.41) is 3.65. The summed E-state index contributed by atoms with van der Waals surface area (Å²) in [6.45, 7) is 6.70. The maximum Gasteiger partial charge on any atom is 0.289 e. The third-order valence-electron chi connectivity index (χ3n) is 5.85. The molecule has 166 valence electrons. The lowest BCUT2D eigenvalue weighted by molar-refractivity contribution is -0.117. The number of benzene rings is 2. The first kappa shape index (κ1) is 22.1. The summed E-state index contributed by atoms with van der Waals surface area (Å²) in [4.78, 5) is 29.2. The second kappa shape index (κ2) is 9.59. The molecule has 1 aliphatic heterocycles. The van der Waals surface area contributed by atoms with Gasteiger partial charge in [-0.3, -0.25) is 14.5 Å². The number of halogens is 1. The van der Waals surface area contributed by atoms with Gasteiger partial charge in [0.15, 0.2) is 5.76 Å². The van der Waals surface area contributed by atoms with Crippen molar-refractivity contribution in [2.75, 3.05) is 38.0 Å². The molecule has 6 nitrogen and oxygen atoms in total. The summed E-state index contributed by atoms with van der Waals surface area (Å²) in [5.74, 6) is 0.768. The number of carbonyl (C=O) groups is 2. The molecule has 2 aromatic carbocycles. The Labute approximate surface area is 192 Å². The predicted octanol–water partition coefficient (Wildman–Crippen LogP) is 4.61. The molecule has 0 radical (unpaired) electrons. The predicted molar refractivity (Wildman–Crippen MR) is 126 cm³/mol. The maximum absolute atomic E-state index is 12.9. The van der Waals surface area contributed by atoms with Gasteiger partial charge in [-0.15, -0.1) is 0 Å². The van der Waals surface area contributed by atoms with Crippen molar-refractivity contribution >= 4 is 29.1 Å². The zero-order valence-corrected chi connectivity index (χ0v) is 19.0. The summed E-state index contributed by atoms with van der Waals surface area (Å²) in [5.41, 5.74) is 3.94. The molecule has 1 fully saturated rings. The number of hydrogen-bond acceptors (Lipinski definition) is 4. The van der Waals surface area contributed by atoms with Crippen molar-refractivity contribution < 1.29 is 14.0 Å². The van der Waals surface area contributed by atoms with Crippen LogP contribution in [0.5, 0.6) is 0 Å². The van der Waals surface area contributed by atoms with Gasteiger partial charge in [-0.05, 0) is 67.4 Å². The highest BCUT2D eigenvalue weighted by molar-refractivity contribution is 6.30. The lowest BCUT2D eigenvalue weighted by Crippen LogP contribution is -2.50. The molecule has 1 aromatic heterocycles. The average Bonchev–Trinajstić information content (AvgIpc) is 3.28. The highest BCUT2D eigenvalue weighted by Gasteiger charge is 2.25. The Morgan fingerprint density at radius 1 is 0.969 bits per heavy atom. The number of hydrogen-bond donors (Lipinski definition) is 1. The van der Waals surface area contributed by atoms with Gasteiger partial charge >= 0.3 is 0 Å². The molecule has 2 heterocycles. The number of anilines is 1. The van der Waals surface area contributed by atoms with Crippen LogP contribution in [0.1, 0.15) is 21.7 Å². The minimum absolute atomic E-state index is 0.0443. The second-order valence-corrected chi connectivity index (χ2v) is 8.47. The van der Waals surface area contributed by atoms with Gasteiger partial charge in [-0.25, -0.2) is 0 Å². The molecule has 7 heteroatoms. The van der Waals surface area contributed by atoms with E-state index >= 15 is 0 Å². The van der Waals surface area contributed by atoms with E-state index in [4.69, 9.17) is 16.0 Å². The Morgan fingerprint density at radius 2 is 1.69 bits per heavy atom. The van der Waals surface area contributed by atoms with Crippen LogP contribution in [0.2, 0.25) is 5.02 Å². The Hall–Kier alpha value is -3.09. The van der Waals surface area contributed by atoms with Gasteiger partial charge in [-0.1, -0.05) is 23.7 Å². The zero-order valence-electron chi connectivity index (χ0n) is 18.2. The quantitative estimate of drug-likeness (QED) is 0.615. The molecular weight excluding hydrogens is 426 g/mol. The maximum atomic E-state index is 12.9. The molecule has 0 spiro atoms. The Morgan fingerprint density at radius 3 is 2.41 bits per heavy atom. The van der Waals surface area contributed by atoms with Crippen molar-refractivity contribution in [2.24, 2.45) is 0 Å². The van der Waals surface area contributed by atoms with Crippen LogP contribution >= 0.6 is 11.6 Å². The SMILES string of the molecule is Cc1cccc(NC(=O)CN2CCN(C(=O)c3ccc(-c4ccc(Cl)cc4)o3)CC2)c1C. The van der Waals surface area contributed by atoms with Crippen molar-refractivity contribution in [3.05, 3.63) is 76.5 Å². The molecule has 2 amide bonds. The van der Waals surface area contributed by atoms with Crippen molar-refractivity contribution in [3.63, 3.8) is 0 Å². The van der Waals surface area contributed by atoms with Gasteiger partial charge in [0.1, 0.15) is 5.76 Å². The summed E-state index contributed by atoms with van der Waals surface area (Å²) >= 11 is 5.93. The molecular formula is C25H26ClN3O3. The Kier molecular flexibility index (Phi) is 6.63. The first-order chi connectivity index (χ1) is 15.4. The molecule has 0 aliphatic carbocycles. The number of aryl methyl sites for hydroxylation is 1. The van der Waals surface area contributed by atoms with Crippen molar-refractivity contribution in [1.82, 2.24) is 9.80 Å². The largest absolute Gasteiger partial charge is 0.451 e. The highest BCUT2D eigenvalue weighted by atomic mass is 35.5. The van der Waals surface area contributed by atoms with Gasteiger partial charge in [0.2, 0.25) is 5.91 Å². The van der Waals surface area contributed by atoms with Crippen LogP contribution in [0.4, 0.5) is 5.69 Å². The van der Waals surface area contributed by atoms with E-state index in [1.807, 2.05) is 44.2 Å². The number of amides is 2. The van der Waals surface area contributed by atoms with Crippen LogP contribution in [0.15, 0.2) is 59.0 Å². The molecule has 0 bridgehead atoms. The number of nitrogens with one attached hydrogen (secondary N) is 1. The first-order valence-corrected chi connectivity index (χ1v) is 11.0. The highest BCUT2D eigenvalue weighted by Crippen LogP contribution is 2.25. The lowest BCUT2D eigenvalue weighted by atomic mass is 10.1. The topological polar surface area (TPSA) is 65.8 Å². The molecule has 0 unspecified atom stereocenters. The molecule has 1 aliphatic rings. The van der Waals surface area contributed by atoms with Crippen LogP contribution in [-0.4, -0.2) is 54.3 Å². The molecule has 1 saturated heterocycles. The van der Waals surface area contributed by atoms with E-state index < -0.39 is 0 Å². The van der Waals surface area contributed by atoms with E-state index in [0.717, 1.165) is 22.4 Å². The fourth-order valence-electron chi connectivity index (χ4n) is 3.77. The number of furan rings is 1. The van der Waals surface area contributed by atoms with E-state index in [2.05, 4.69) is 10.2 Å². The Bertz CT molecular complexity index is 1120. The molecule has 1 N–H and O–H groups in total. The molecule has 0 atom stereocenters.